The van der Waals surface area contributed by atoms with Gasteiger partial charge >= 0.3 is 5.69 Å². The number of carbonyl (C=O) groups excluding carboxylic acids is 2. The molecule has 6 rings (SSSR count). The van der Waals surface area contributed by atoms with E-state index in [0.29, 0.717) is 24.5 Å². The molecule has 0 spiro atoms. The van der Waals surface area contributed by atoms with Gasteiger partial charge in [0.25, 0.3) is 11.5 Å². The summed E-state index contributed by atoms with van der Waals surface area (Å²) in [4.78, 5) is 59.2. The number of primary amides is 1. The number of nitrogen functional groups attached to an aromatic ring is 1. The van der Waals surface area contributed by atoms with Crippen molar-refractivity contribution in [3.8, 4) is 28.2 Å². The van der Waals surface area contributed by atoms with E-state index in [9.17, 15) is 19.2 Å². The largest absolute Gasteiger partial charge is 0.382 e. The van der Waals surface area contributed by atoms with Gasteiger partial charge in [0, 0.05) is 38.3 Å². The number of likely N-dealkylation sites (tertiary alicyclic amines) is 1. The fourth-order valence-electron chi connectivity index (χ4n) is 6.80. The van der Waals surface area contributed by atoms with E-state index in [2.05, 4.69) is 22.2 Å². The highest BCUT2D eigenvalue weighted by atomic mass is 16.2. The Hall–Kier alpha value is -5.52. The fourth-order valence-corrected chi connectivity index (χ4v) is 6.80. The molecule has 5 aromatic rings. The number of amides is 2. The summed E-state index contributed by atoms with van der Waals surface area (Å²) in [5.74, 6) is -0.0435. The van der Waals surface area contributed by atoms with Gasteiger partial charge in [0.15, 0.2) is 5.82 Å². The zero-order valence-electron chi connectivity index (χ0n) is 27.8. The van der Waals surface area contributed by atoms with E-state index in [-0.39, 0.29) is 34.8 Å². The molecule has 12 nitrogen and oxygen atoms in total. The quantitative estimate of drug-likeness (QED) is 0.267. The smallest absolute Gasteiger partial charge is 0.337 e. The second-order valence-corrected chi connectivity index (χ2v) is 13.0. The summed E-state index contributed by atoms with van der Waals surface area (Å²) in [6.45, 7) is 8.87. The summed E-state index contributed by atoms with van der Waals surface area (Å²) < 4.78 is 4.06. The normalized spacial score (nSPS) is 13.9. The Labute approximate surface area is 277 Å². The van der Waals surface area contributed by atoms with E-state index in [4.69, 9.17) is 11.5 Å². The van der Waals surface area contributed by atoms with Crippen LogP contribution in [-0.2, 0) is 11.8 Å². The van der Waals surface area contributed by atoms with Gasteiger partial charge in [-0.2, -0.15) is 5.10 Å². The van der Waals surface area contributed by atoms with Crippen LogP contribution in [0.1, 0.15) is 68.4 Å². The van der Waals surface area contributed by atoms with Crippen LogP contribution < -0.4 is 22.7 Å². The van der Waals surface area contributed by atoms with Gasteiger partial charge in [-0.3, -0.25) is 23.6 Å². The number of nitrogens with zero attached hydrogens (tertiary/aromatic N) is 6. The third-order valence-corrected chi connectivity index (χ3v) is 9.18. The second-order valence-electron chi connectivity index (χ2n) is 13.0. The summed E-state index contributed by atoms with van der Waals surface area (Å²) in [5, 5.41) is 5.32. The number of pyridine rings is 1. The molecule has 2 aromatic carbocycles. The number of benzene rings is 2. The third-order valence-electron chi connectivity index (χ3n) is 9.18. The van der Waals surface area contributed by atoms with E-state index in [1.807, 2.05) is 37.9 Å². The minimum absolute atomic E-state index is 0.0306. The van der Waals surface area contributed by atoms with Crippen LogP contribution in [0.25, 0.3) is 39.1 Å². The maximum atomic E-state index is 13.8. The number of aromatic nitrogens is 5. The molecule has 0 bridgehead atoms. The summed E-state index contributed by atoms with van der Waals surface area (Å²) in [6, 6.07) is 16.0. The zero-order valence-corrected chi connectivity index (χ0v) is 27.8. The Kier molecular flexibility index (Phi) is 8.50. The van der Waals surface area contributed by atoms with Gasteiger partial charge in [-0.05, 0) is 79.1 Å². The van der Waals surface area contributed by atoms with Crippen LogP contribution in [0.2, 0.25) is 0 Å². The fraction of sp³-hybridized carbons (Fsp3) is 0.333. The molecule has 248 valence electrons. The lowest BCUT2D eigenvalue weighted by Gasteiger charge is -2.33. The summed E-state index contributed by atoms with van der Waals surface area (Å²) in [6.07, 6.45) is 3.17. The van der Waals surface area contributed by atoms with Crippen LogP contribution in [0, 0.1) is 5.92 Å². The van der Waals surface area contributed by atoms with Crippen LogP contribution in [0.4, 0.5) is 5.82 Å². The van der Waals surface area contributed by atoms with Crippen LogP contribution in [0.15, 0.2) is 70.4 Å². The molecule has 1 aliphatic heterocycles. The van der Waals surface area contributed by atoms with Crippen molar-refractivity contribution < 1.29 is 9.59 Å². The number of hydrogen-bond donors (Lipinski definition) is 2. The molecule has 4 heterocycles. The highest BCUT2D eigenvalue weighted by Crippen LogP contribution is 2.39. The highest BCUT2D eigenvalue weighted by molar-refractivity contribution is 6.03. The number of anilines is 1. The predicted molar refractivity (Wildman–Crippen MR) is 186 cm³/mol. The molecule has 1 aliphatic rings. The minimum atomic E-state index is -0.947. The van der Waals surface area contributed by atoms with Crippen molar-refractivity contribution in [1.82, 2.24) is 28.8 Å². The Morgan fingerprint density at radius 2 is 1.60 bits per heavy atom. The van der Waals surface area contributed by atoms with E-state index >= 15 is 0 Å². The Balaban J connectivity index is 1.46. The third kappa shape index (κ3) is 5.56. The molecule has 0 atom stereocenters. The van der Waals surface area contributed by atoms with Crippen molar-refractivity contribution in [1.29, 1.82) is 0 Å². The van der Waals surface area contributed by atoms with Gasteiger partial charge in [-0.25, -0.2) is 14.3 Å². The van der Waals surface area contributed by atoms with Crippen LogP contribution in [-0.4, -0.2) is 53.7 Å². The molecule has 1 fully saturated rings. The van der Waals surface area contributed by atoms with E-state index in [0.717, 1.165) is 45.0 Å². The van der Waals surface area contributed by atoms with Crippen molar-refractivity contribution in [2.45, 2.75) is 52.5 Å². The van der Waals surface area contributed by atoms with Gasteiger partial charge in [-0.15, -0.1) is 0 Å². The molecule has 0 unspecified atom stereocenters. The topological polar surface area (TPSA) is 164 Å². The molecule has 0 radical (unpaired) electrons. The molecule has 1 saturated heterocycles. The maximum Gasteiger partial charge on any atom is 0.337 e. The number of carbonyl (C=O) groups is 2. The Morgan fingerprint density at radius 1 is 0.938 bits per heavy atom. The van der Waals surface area contributed by atoms with Crippen molar-refractivity contribution >= 4 is 28.5 Å². The highest BCUT2D eigenvalue weighted by Gasteiger charge is 2.28. The lowest BCUT2D eigenvalue weighted by atomic mass is 9.86. The summed E-state index contributed by atoms with van der Waals surface area (Å²) >= 11 is 0. The van der Waals surface area contributed by atoms with Crippen molar-refractivity contribution in [2.24, 2.45) is 18.7 Å². The minimum Gasteiger partial charge on any atom is -0.382 e. The first-order chi connectivity index (χ1) is 22.9. The van der Waals surface area contributed by atoms with E-state index in [1.54, 1.807) is 42.8 Å². The first-order valence-corrected chi connectivity index (χ1v) is 16.2. The average Bonchev–Trinajstić information content (AvgIpc) is 3.36. The number of rotatable bonds is 7. The Bertz CT molecular complexity index is 2150. The van der Waals surface area contributed by atoms with Crippen molar-refractivity contribution in [3.05, 3.63) is 92.8 Å². The number of hydrogen-bond acceptors (Lipinski definition) is 7. The van der Waals surface area contributed by atoms with Gasteiger partial charge < -0.3 is 16.4 Å². The van der Waals surface area contributed by atoms with Crippen molar-refractivity contribution in [3.63, 3.8) is 0 Å². The van der Waals surface area contributed by atoms with Crippen molar-refractivity contribution in [2.75, 3.05) is 18.8 Å². The van der Waals surface area contributed by atoms with Crippen LogP contribution in [0.5, 0.6) is 0 Å². The number of nitrogens with two attached hydrogens (primary N) is 2. The molecule has 12 heteroatoms. The molecule has 0 saturated carbocycles. The molecule has 48 heavy (non-hydrogen) atoms. The number of piperidine rings is 1. The molecular formula is C36H40N8O4. The molecular weight excluding hydrogens is 608 g/mol. The van der Waals surface area contributed by atoms with E-state index in [1.165, 1.54) is 16.8 Å². The molecule has 4 N–H and O–H groups in total. The lowest BCUT2D eigenvalue weighted by molar-refractivity contribution is -0.135. The number of aryl methyl sites for hydroxylation is 1. The SMILES string of the molecule is CC(C)C(=O)N1CCC(c2cc(-c3ccc(-c4c(C(N)=O)c(=O)n(-c5ccccn5)c(=O)n4C(C)C)cc3)c3c(N)nn(C)c3c2)CC1. The molecule has 3 aromatic heterocycles. The predicted octanol–water partition coefficient (Wildman–Crippen LogP) is 4.24. The van der Waals surface area contributed by atoms with E-state index < -0.39 is 23.2 Å². The summed E-state index contributed by atoms with van der Waals surface area (Å²) in [5.41, 5.74) is 14.9. The van der Waals surface area contributed by atoms with Gasteiger partial charge in [-0.1, -0.05) is 44.2 Å². The second kappa shape index (κ2) is 12.6. The standard InChI is InChI=1S/C36H40N8O4/c1-20(2)34(46)42-16-13-22(14-17-42)25-18-26(29-27(19-25)41(5)40-32(29)37)23-9-11-24(12-10-23)31-30(33(38)45)35(47)44(28-8-6-7-15-39-28)36(48)43(31)21(3)4/h6-12,15,18-22H,13-14,16-17H2,1-5H3,(H2,37,40)(H2,38,45). The molecule has 0 aliphatic carbocycles. The maximum absolute atomic E-state index is 13.8. The Morgan fingerprint density at radius 3 is 2.19 bits per heavy atom. The molecule has 2 amide bonds. The van der Waals surface area contributed by atoms with Gasteiger partial charge in [0.2, 0.25) is 5.91 Å². The van der Waals surface area contributed by atoms with Crippen LogP contribution in [0.3, 0.4) is 0 Å². The lowest BCUT2D eigenvalue weighted by Crippen LogP contribution is -2.44. The first kappa shape index (κ1) is 32.4. The van der Waals surface area contributed by atoms with Gasteiger partial charge in [0.1, 0.15) is 11.4 Å². The van der Waals surface area contributed by atoms with Gasteiger partial charge in [0.05, 0.1) is 16.6 Å². The first-order valence-electron chi connectivity index (χ1n) is 16.2. The average molecular weight is 649 g/mol. The zero-order chi connectivity index (χ0) is 34.4. The van der Waals surface area contributed by atoms with Crippen LogP contribution >= 0.6 is 0 Å². The number of fused-ring (bicyclic) bond motifs is 1. The monoisotopic (exact) mass is 648 g/mol. The summed E-state index contributed by atoms with van der Waals surface area (Å²) in [7, 11) is 1.86.